The molecule has 0 aliphatic rings. The van der Waals surface area contributed by atoms with E-state index >= 15 is 0 Å². The molecule has 16 heavy (non-hydrogen) atoms. The molecule has 0 saturated heterocycles. The zero-order valence-corrected chi connectivity index (χ0v) is 9.86. The highest BCUT2D eigenvalue weighted by Gasteiger charge is 1.99. The standard InChI is InChI=1S/C13H18N2O/c1-3-16-13-6-4-12(5-7-13)10-15-9-11(2)8-14/h4-7,11,15H,3,9-10H2,1-2H3. The Hall–Kier alpha value is -1.53. The Balaban J connectivity index is 2.35. The monoisotopic (exact) mass is 218 g/mol. The average molecular weight is 218 g/mol. The second kappa shape index (κ2) is 6.86. The van der Waals surface area contributed by atoms with E-state index in [-0.39, 0.29) is 5.92 Å². The van der Waals surface area contributed by atoms with Crippen molar-refractivity contribution < 1.29 is 4.74 Å². The topological polar surface area (TPSA) is 45.0 Å². The highest BCUT2D eigenvalue weighted by Crippen LogP contribution is 2.11. The number of nitrogens with one attached hydrogen (secondary N) is 1. The first-order chi connectivity index (χ1) is 7.76. The lowest BCUT2D eigenvalue weighted by Gasteiger charge is -2.07. The summed E-state index contributed by atoms with van der Waals surface area (Å²) in [5.74, 6) is 0.958. The highest BCUT2D eigenvalue weighted by atomic mass is 16.5. The van der Waals surface area contributed by atoms with Crippen molar-refractivity contribution in [1.82, 2.24) is 5.32 Å². The minimum atomic E-state index is 0.0581. The Morgan fingerprint density at radius 3 is 2.62 bits per heavy atom. The Morgan fingerprint density at radius 1 is 1.38 bits per heavy atom. The molecule has 0 heterocycles. The molecule has 0 aliphatic carbocycles. The summed E-state index contributed by atoms with van der Waals surface area (Å²) in [7, 11) is 0. The van der Waals surface area contributed by atoms with Crippen LogP contribution in [0.3, 0.4) is 0 Å². The first kappa shape index (κ1) is 12.5. The number of nitriles is 1. The zero-order chi connectivity index (χ0) is 11.8. The minimum Gasteiger partial charge on any atom is -0.494 e. The van der Waals surface area contributed by atoms with Gasteiger partial charge in [0.25, 0.3) is 0 Å². The van der Waals surface area contributed by atoms with E-state index in [1.54, 1.807) is 0 Å². The van der Waals surface area contributed by atoms with E-state index in [4.69, 9.17) is 10.00 Å². The van der Waals surface area contributed by atoms with Gasteiger partial charge in [0.2, 0.25) is 0 Å². The molecule has 1 aromatic carbocycles. The van der Waals surface area contributed by atoms with Crippen molar-refractivity contribution in [3.63, 3.8) is 0 Å². The van der Waals surface area contributed by atoms with Gasteiger partial charge < -0.3 is 10.1 Å². The average Bonchev–Trinajstić information content (AvgIpc) is 2.31. The Labute approximate surface area is 97.0 Å². The maximum Gasteiger partial charge on any atom is 0.119 e. The van der Waals surface area contributed by atoms with Crippen LogP contribution in [-0.2, 0) is 6.54 Å². The van der Waals surface area contributed by atoms with E-state index in [0.29, 0.717) is 6.61 Å². The lowest BCUT2D eigenvalue weighted by atomic mass is 10.2. The van der Waals surface area contributed by atoms with Gasteiger partial charge in [-0.25, -0.2) is 0 Å². The molecule has 0 aromatic heterocycles. The first-order valence-electron chi connectivity index (χ1n) is 5.58. The maximum atomic E-state index is 8.62. The summed E-state index contributed by atoms with van der Waals surface area (Å²) in [6, 6.07) is 10.2. The third kappa shape index (κ3) is 4.33. The predicted molar refractivity (Wildman–Crippen MR) is 64.1 cm³/mol. The fourth-order valence-electron chi connectivity index (χ4n) is 1.35. The maximum absolute atomic E-state index is 8.62. The van der Waals surface area contributed by atoms with E-state index in [1.807, 2.05) is 38.1 Å². The van der Waals surface area contributed by atoms with Crippen LogP contribution in [-0.4, -0.2) is 13.2 Å². The lowest BCUT2D eigenvalue weighted by Crippen LogP contribution is -2.19. The zero-order valence-electron chi connectivity index (χ0n) is 9.86. The van der Waals surface area contributed by atoms with E-state index in [9.17, 15) is 0 Å². The van der Waals surface area contributed by atoms with E-state index in [1.165, 1.54) is 5.56 Å². The van der Waals surface area contributed by atoms with Crippen molar-refractivity contribution in [2.45, 2.75) is 20.4 Å². The van der Waals surface area contributed by atoms with Gasteiger partial charge in [-0.2, -0.15) is 5.26 Å². The van der Waals surface area contributed by atoms with Gasteiger partial charge in [-0.1, -0.05) is 12.1 Å². The summed E-state index contributed by atoms with van der Waals surface area (Å²) >= 11 is 0. The highest BCUT2D eigenvalue weighted by molar-refractivity contribution is 5.27. The number of nitrogens with zero attached hydrogens (tertiary/aromatic N) is 1. The van der Waals surface area contributed by atoms with Crippen molar-refractivity contribution in [2.24, 2.45) is 5.92 Å². The van der Waals surface area contributed by atoms with Gasteiger partial charge in [-0.15, -0.1) is 0 Å². The lowest BCUT2D eigenvalue weighted by molar-refractivity contribution is 0.340. The quantitative estimate of drug-likeness (QED) is 0.797. The van der Waals surface area contributed by atoms with Gasteiger partial charge in [-0.3, -0.25) is 0 Å². The van der Waals surface area contributed by atoms with Gasteiger partial charge in [-0.05, 0) is 31.5 Å². The minimum absolute atomic E-state index is 0.0581. The first-order valence-corrected chi connectivity index (χ1v) is 5.58. The fraction of sp³-hybridized carbons (Fsp3) is 0.462. The van der Waals surface area contributed by atoms with Crippen molar-refractivity contribution in [3.05, 3.63) is 29.8 Å². The summed E-state index contributed by atoms with van der Waals surface area (Å²) < 4.78 is 5.36. The van der Waals surface area contributed by atoms with Crippen molar-refractivity contribution in [3.8, 4) is 11.8 Å². The second-order valence-corrected chi connectivity index (χ2v) is 3.74. The third-order valence-electron chi connectivity index (χ3n) is 2.23. The fourth-order valence-corrected chi connectivity index (χ4v) is 1.35. The SMILES string of the molecule is CCOc1ccc(CNCC(C)C#N)cc1. The summed E-state index contributed by atoms with van der Waals surface area (Å²) in [5, 5.41) is 11.9. The van der Waals surface area contributed by atoms with Crippen LogP contribution in [0.15, 0.2) is 24.3 Å². The van der Waals surface area contributed by atoms with Gasteiger partial charge in [0.1, 0.15) is 5.75 Å². The van der Waals surface area contributed by atoms with Crippen molar-refractivity contribution in [2.75, 3.05) is 13.2 Å². The molecule has 0 bridgehead atoms. The molecule has 0 saturated carbocycles. The largest absolute Gasteiger partial charge is 0.494 e. The normalized spacial score (nSPS) is 11.8. The molecule has 0 spiro atoms. The Morgan fingerprint density at radius 2 is 2.06 bits per heavy atom. The molecule has 3 heteroatoms. The second-order valence-electron chi connectivity index (χ2n) is 3.74. The van der Waals surface area contributed by atoms with Crippen LogP contribution in [0.5, 0.6) is 5.75 Å². The molecule has 86 valence electrons. The summed E-state index contributed by atoms with van der Waals surface area (Å²) in [6.07, 6.45) is 0. The molecule has 1 N–H and O–H groups in total. The molecule has 0 amide bonds. The number of rotatable bonds is 6. The number of ether oxygens (including phenoxy) is 1. The van der Waals surface area contributed by atoms with Crippen LogP contribution in [0.4, 0.5) is 0 Å². The van der Waals surface area contributed by atoms with Crippen LogP contribution in [0, 0.1) is 17.2 Å². The summed E-state index contributed by atoms with van der Waals surface area (Å²) in [5.41, 5.74) is 1.20. The van der Waals surface area contributed by atoms with Crippen LogP contribution in [0.1, 0.15) is 19.4 Å². The summed E-state index contributed by atoms with van der Waals surface area (Å²) in [6.45, 7) is 6.09. The van der Waals surface area contributed by atoms with E-state index in [2.05, 4.69) is 11.4 Å². The molecule has 0 radical (unpaired) electrons. The molecule has 3 nitrogen and oxygen atoms in total. The van der Waals surface area contributed by atoms with E-state index < -0.39 is 0 Å². The van der Waals surface area contributed by atoms with Crippen LogP contribution < -0.4 is 10.1 Å². The van der Waals surface area contributed by atoms with Gasteiger partial charge in [0.05, 0.1) is 18.6 Å². The number of benzene rings is 1. The molecular formula is C13H18N2O. The molecule has 0 aliphatic heterocycles. The molecule has 1 aromatic rings. The van der Waals surface area contributed by atoms with Gasteiger partial charge in [0, 0.05) is 13.1 Å². The smallest absolute Gasteiger partial charge is 0.119 e. The molecule has 1 atom stereocenters. The van der Waals surface area contributed by atoms with Gasteiger partial charge in [0.15, 0.2) is 0 Å². The third-order valence-corrected chi connectivity index (χ3v) is 2.23. The van der Waals surface area contributed by atoms with Gasteiger partial charge >= 0.3 is 0 Å². The number of hydrogen-bond donors (Lipinski definition) is 1. The Bertz CT molecular complexity index is 340. The van der Waals surface area contributed by atoms with Crippen LogP contribution >= 0.6 is 0 Å². The van der Waals surface area contributed by atoms with Crippen LogP contribution in [0.25, 0.3) is 0 Å². The van der Waals surface area contributed by atoms with Crippen LogP contribution in [0.2, 0.25) is 0 Å². The van der Waals surface area contributed by atoms with E-state index in [0.717, 1.165) is 18.8 Å². The molecule has 1 rings (SSSR count). The molecule has 1 unspecified atom stereocenters. The Kier molecular flexibility index (Phi) is 5.38. The predicted octanol–water partition coefficient (Wildman–Crippen LogP) is 2.33. The molecule has 0 fully saturated rings. The molecular weight excluding hydrogens is 200 g/mol. The van der Waals surface area contributed by atoms with Crippen molar-refractivity contribution in [1.29, 1.82) is 5.26 Å². The van der Waals surface area contributed by atoms with Crippen molar-refractivity contribution >= 4 is 0 Å². The summed E-state index contributed by atoms with van der Waals surface area (Å²) in [4.78, 5) is 0. The number of hydrogen-bond acceptors (Lipinski definition) is 3.